The standard InChI is InChI=1S/C4H7.3C3H7O.Sn/c1-3-4-2;3*1-2-3-4;/h3-4H,1H2,2H3;3*2-3H2,1H3;/q;3*-1;+3. The summed E-state index contributed by atoms with van der Waals surface area (Å²) in [5.41, 5.74) is 0. The summed E-state index contributed by atoms with van der Waals surface area (Å²) in [5.74, 6) is 0. The Morgan fingerprint density at radius 3 is 1.06 bits per heavy atom. The van der Waals surface area contributed by atoms with Crippen molar-refractivity contribution >= 4 is 22.5 Å². The van der Waals surface area contributed by atoms with Gasteiger partial charge < -0.3 is 15.3 Å². The molecule has 0 saturated heterocycles. The van der Waals surface area contributed by atoms with E-state index in [0.717, 1.165) is 23.2 Å². The molecule has 0 aliphatic rings. The second-order valence-corrected chi connectivity index (χ2v) is 5.74. The van der Waals surface area contributed by atoms with Gasteiger partial charge in [-0.25, -0.2) is 0 Å². The number of rotatable bonds is 4. The fourth-order valence-corrected chi connectivity index (χ4v) is 0. The van der Waals surface area contributed by atoms with E-state index in [9.17, 15) is 15.3 Å². The second kappa shape index (κ2) is 36.0. The van der Waals surface area contributed by atoms with Crippen LogP contribution in [0.5, 0.6) is 0 Å². The molecule has 17 heavy (non-hydrogen) atoms. The molecule has 0 N–H and O–H groups in total. The Bertz CT molecular complexity index is 83.2. The summed E-state index contributed by atoms with van der Waals surface area (Å²) in [5, 5.41) is 27.9. The van der Waals surface area contributed by atoms with E-state index >= 15 is 0 Å². The van der Waals surface area contributed by atoms with Gasteiger partial charge in [0.1, 0.15) is 0 Å². The maximum absolute atomic E-state index is 9.30. The molecule has 0 aromatic heterocycles. The van der Waals surface area contributed by atoms with Crippen molar-refractivity contribution in [2.45, 2.75) is 50.9 Å². The molecule has 0 bridgehead atoms. The van der Waals surface area contributed by atoms with Gasteiger partial charge in [0.05, 0.1) is 0 Å². The molecule has 0 amide bonds. The summed E-state index contributed by atoms with van der Waals surface area (Å²) in [6.07, 6.45) is 4.25. The van der Waals surface area contributed by atoms with Gasteiger partial charge in [0.2, 0.25) is 0 Å². The third kappa shape index (κ3) is 116. The summed E-state index contributed by atoms with van der Waals surface area (Å²) >= 11 is 1.55. The zero-order valence-electron chi connectivity index (χ0n) is 11.8. The van der Waals surface area contributed by atoms with E-state index in [1.165, 1.54) is 0 Å². The van der Waals surface area contributed by atoms with Gasteiger partial charge in [-0.2, -0.15) is 0 Å². The Kier molecular flexibility index (Phi) is 55.2. The molecule has 3 nitrogen and oxygen atoms in total. The molecule has 0 saturated carbocycles. The zero-order chi connectivity index (χ0) is 14.5. The van der Waals surface area contributed by atoms with Crippen LogP contribution >= 0.6 is 0 Å². The van der Waals surface area contributed by atoms with Gasteiger partial charge in [-0.1, -0.05) is 40.0 Å². The second-order valence-electron chi connectivity index (χ2n) is 3.14. The van der Waals surface area contributed by atoms with E-state index in [1.54, 1.807) is 22.5 Å². The molecule has 0 aromatic carbocycles. The van der Waals surface area contributed by atoms with Crippen molar-refractivity contribution < 1.29 is 15.3 Å². The van der Waals surface area contributed by atoms with Crippen LogP contribution in [0.15, 0.2) is 12.7 Å². The summed E-state index contributed by atoms with van der Waals surface area (Å²) in [6, 6.07) is 0. The number of hydrogen-bond acceptors (Lipinski definition) is 3. The molecule has 0 aliphatic carbocycles. The van der Waals surface area contributed by atoms with E-state index in [2.05, 4.69) is 13.5 Å². The van der Waals surface area contributed by atoms with Crippen molar-refractivity contribution in [3.8, 4) is 0 Å². The molecule has 0 heterocycles. The fourth-order valence-electron chi connectivity index (χ4n) is 0. The fraction of sp³-hybridized carbons (Fsp3) is 0.846. The predicted molar refractivity (Wildman–Crippen MR) is 70.8 cm³/mol. The molecule has 1 unspecified atom stereocenters. The SMILES string of the molecule is C=C[CH](C)[Sn+3].CCC[O-].CCC[O-].CCC[O-]. The monoisotopic (exact) mass is 352 g/mol. The van der Waals surface area contributed by atoms with Crippen molar-refractivity contribution in [3.05, 3.63) is 12.7 Å². The number of hydrogen-bond donors (Lipinski definition) is 0. The first-order valence-corrected chi connectivity index (χ1v) is 7.74. The Morgan fingerprint density at radius 1 is 0.941 bits per heavy atom. The maximum atomic E-state index is 9.30. The summed E-state index contributed by atoms with van der Waals surface area (Å²) in [4.78, 5) is 0. The van der Waals surface area contributed by atoms with Gasteiger partial charge in [-0.15, -0.1) is 19.8 Å². The predicted octanol–water partition coefficient (Wildman–Crippen LogP) is 0.419. The topological polar surface area (TPSA) is 69.2 Å². The van der Waals surface area contributed by atoms with Crippen molar-refractivity contribution in [1.82, 2.24) is 0 Å². The summed E-state index contributed by atoms with van der Waals surface area (Å²) in [7, 11) is 0. The molecule has 0 radical (unpaired) electrons. The molecule has 0 fully saturated rings. The maximum Gasteiger partial charge on any atom is -0.0667 e. The molecule has 0 aliphatic heterocycles. The third-order valence-corrected chi connectivity index (χ3v) is 1.64. The molecule has 4 heteroatoms. The minimum atomic E-state index is 0.0694. The summed E-state index contributed by atoms with van der Waals surface area (Å²) in [6.45, 7) is 11.5. The van der Waals surface area contributed by atoms with E-state index in [1.807, 2.05) is 26.8 Å². The Labute approximate surface area is 121 Å². The molecule has 0 aromatic rings. The molecular formula is C13H28O3Sn. The van der Waals surface area contributed by atoms with Crippen molar-refractivity contribution in [2.75, 3.05) is 19.8 Å². The van der Waals surface area contributed by atoms with Crippen molar-refractivity contribution in [1.29, 1.82) is 0 Å². The minimum absolute atomic E-state index is 0.0694. The number of allylic oxidation sites excluding steroid dienone is 1. The van der Waals surface area contributed by atoms with Gasteiger partial charge >= 0.3 is 46.0 Å². The average Bonchev–Trinajstić information content (AvgIpc) is 2.39. The van der Waals surface area contributed by atoms with Crippen LogP contribution in [0.4, 0.5) is 0 Å². The van der Waals surface area contributed by atoms with Gasteiger partial charge in [-0.05, 0) is 0 Å². The van der Waals surface area contributed by atoms with Gasteiger partial charge in [0, 0.05) is 0 Å². The van der Waals surface area contributed by atoms with Crippen molar-refractivity contribution in [3.63, 3.8) is 0 Å². The molecule has 102 valence electrons. The van der Waals surface area contributed by atoms with Crippen LogP contribution in [0.1, 0.15) is 47.0 Å². The third-order valence-electron chi connectivity index (χ3n) is 0.966. The van der Waals surface area contributed by atoms with Crippen LogP contribution in [-0.4, -0.2) is 42.3 Å². The molecule has 0 rings (SSSR count). The van der Waals surface area contributed by atoms with Crippen LogP contribution in [0.2, 0.25) is 3.93 Å². The summed E-state index contributed by atoms with van der Waals surface area (Å²) < 4.78 is 0.738. The molecular weight excluding hydrogens is 323 g/mol. The van der Waals surface area contributed by atoms with E-state index < -0.39 is 0 Å². The van der Waals surface area contributed by atoms with E-state index in [4.69, 9.17) is 0 Å². The van der Waals surface area contributed by atoms with E-state index in [0.29, 0.717) is 0 Å². The van der Waals surface area contributed by atoms with Gasteiger partial charge in [0.25, 0.3) is 0 Å². The van der Waals surface area contributed by atoms with Crippen molar-refractivity contribution in [2.24, 2.45) is 0 Å². The minimum Gasteiger partial charge on any atom is -0.854 e. The van der Waals surface area contributed by atoms with E-state index in [-0.39, 0.29) is 19.8 Å². The smallest absolute Gasteiger partial charge is 0.0667 e. The van der Waals surface area contributed by atoms with Crippen LogP contribution in [0, 0.1) is 0 Å². The van der Waals surface area contributed by atoms with Gasteiger partial charge in [0.15, 0.2) is 0 Å². The molecule has 0 spiro atoms. The zero-order valence-corrected chi connectivity index (χ0v) is 14.7. The van der Waals surface area contributed by atoms with Crippen LogP contribution in [-0.2, 0) is 0 Å². The van der Waals surface area contributed by atoms with Crippen LogP contribution in [0.3, 0.4) is 0 Å². The van der Waals surface area contributed by atoms with Crippen LogP contribution in [0.25, 0.3) is 0 Å². The Morgan fingerprint density at radius 2 is 1.06 bits per heavy atom. The first-order chi connectivity index (χ1) is 8.01. The Balaban J connectivity index is -0.0000000667. The Hall–Kier alpha value is 0.419. The van der Waals surface area contributed by atoms with Crippen LogP contribution < -0.4 is 15.3 Å². The normalized spacial score (nSPS) is 9.47. The largest absolute Gasteiger partial charge is 0.854 e. The first-order valence-electron chi connectivity index (χ1n) is 6.09. The quantitative estimate of drug-likeness (QED) is 0.545. The molecule has 1 atom stereocenters. The average molecular weight is 351 g/mol. The first kappa shape index (κ1) is 26.1. The van der Waals surface area contributed by atoms with Gasteiger partial charge in [-0.3, -0.25) is 0 Å².